The van der Waals surface area contributed by atoms with Crippen molar-refractivity contribution >= 4 is 34.0 Å². The third-order valence-electron chi connectivity index (χ3n) is 2.52. The van der Waals surface area contributed by atoms with Gasteiger partial charge in [-0.05, 0) is 30.7 Å². The van der Waals surface area contributed by atoms with E-state index in [0.29, 0.717) is 16.8 Å². The maximum Gasteiger partial charge on any atom is 0.239 e. The quantitative estimate of drug-likeness (QED) is 0.760. The SMILES string of the molecule is NCC(=O)Nc1nnc(CCCOc2ccc(Cl)cc2)s1. The van der Waals surface area contributed by atoms with Crippen molar-refractivity contribution in [2.24, 2.45) is 5.73 Å². The molecule has 0 spiro atoms. The molecule has 0 saturated carbocycles. The standard InChI is InChI=1S/C13H15ClN4O2S/c14-9-3-5-10(6-4-9)20-7-1-2-12-17-18-13(21-12)16-11(19)8-15/h3-6H,1-2,7-8,15H2,(H,16,18,19). The predicted molar refractivity (Wildman–Crippen MR) is 82.9 cm³/mol. The molecular weight excluding hydrogens is 312 g/mol. The van der Waals surface area contributed by atoms with Crippen molar-refractivity contribution in [3.05, 3.63) is 34.3 Å². The highest BCUT2D eigenvalue weighted by Gasteiger charge is 2.06. The van der Waals surface area contributed by atoms with Gasteiger partial charge in [-0.15, -0.1) is 10.2 Å². The van der Waals surface area contributed by atoms with Crippen molar-refractivity contribution < 1.29 is 9.53 Å². The van der Waals surface area contributed by atoms with Crippen molar-refractivity contribution in [3.8, 4) is 5.75 Å². The highest BCUT2D eigenvalue weighted by molar-refractivity contribution is 7.15. The maximum atomic E-state index is 11.1. The molecule has 0 aliphatic rings. The molecule has 3 N–H and O–H groups in total. The van der Waals surface area contributed by atoms with Crippen LogP contribution in [0.5, 0.6) is 5.75 Å². The number of nitrogens with two attached hydrogens (primary N) is 1. The molecule has 0 aliphatic heterocycles. The fourth-order valence-corrected chi connectivity index (χ4v) is 2.44. The number of aromatic nitrogens is 2. The molecule has 21 heavy (non-hydrogen) atoms. The van der Waals surface area contributed by atoms with Crippen molar-refractivity contribution in [2.45, 2.75) is 12.8 Å². The molecule has 0 bridgehead atoms. The lowest BCUT2D eigenvalue weighted by Crippen LogP contribution is -2.21. The Labute approximate surface area is 131 Å². The molecule has 0 atom stereocenters. The van der Waals surface area contributed by atoms with Crippen LogP contribution >= 0.6 is 22.9 Å². The summed E-state index contributed by atoms with van der Waals surface area (Å²) < 4.78 is 5.58. The van der Waals surface area contributed by atoms with Crippen LogP contribution in [0.25, 0.3) is 0 Å². The molecule has 6 nitrogen and oxygen atoms in total. The molecule has 0 aliphatic carbocycles. The smallest absolute Gasteiger partial charge is 0.239 e. The number of rotatable bonds is 7. The summed E-state index contributed by atoms with van der Waals surface area (Å²) in [4.78, 5) is 11.1. The molecule has 1 aromatic heterocycles. The van der Waals surface area contributed by atoms with E-state index in [1.54, 1.807) is 12.1 Å². The molecule has 0 unspecified atom stereocenters. The summed E-state index contributed by atoms with van der Waals surface area (Å²) in [5, 5.41) is 12.5. The van der Waals surface area contributed by atoms with Gasteiger partial charge in [0, 0.05) is 11.4 Å². The van der Waals surface area contributed by atoms with Gasteiger partial charge in [-0.2, -0.15) is 0 Å². The molecule has 1 aromatic carbocycles. The van der Waals surface area contributed by atoms with Crippen LogP contribution in [0.15, 0.2) is 24.3 Å². The number of hydrogen-bond donors (Lipinski definition) is 2. The number of nitrogens with zero attached hydrogens (tertiary/aromatic N) is 2. The van der Waals surface area contributed by atoms with Crippen LogP contribution in [0.2, 0.25) is 5.02 Å². The van der Waals surface area contributed by atoms with E-state index in [9.17, 15) is 4.79 Å². The molecular formula is C13H15ClN4O2S. The van der Waals surface area contributed by atoms with Gasteiger partial charge in [0.2, 0.25) is 11.0 Å². The number of amides is 1. The van der Waals surface area contributed by atoms with E-state index >= 15 is 0 Å². The number of hydrogen-bond acceptors (Lipinski definition) is 6. The van der Waals surface area contributed by atoms with Crippen LogP contribution in [0, 0.1) is 0 Å². The maximum absolute atomic E-state index is 11.1. The number of carbonyl (C=O) groups excluding carboxylic acids is 1. The minimum Gasteiger partial charge on any atom is -0.494 e. The first-order valence-electron chi connectivity index (χ1n) is 6.38. The second-order valence-electron chi connectivity index (χ2n) is 4.16. The molecule has 0 radical (unpaired) electrons. The summed E-state index contributed by atoms with van der Waals surface area (Å²) in [6.45, 7) is 0.509. The Kier molecular flexibility index (Phi) is 5.91. The lowest BCUT2D eigenvalue weighted by atomic mass is 10.3. The molecule has 112 valence electrons. The zero-order chi connectivity index (χ0) is 15.1. The minimum atomic E-state index is -0.274. The van der Waals surface area contributed by atoms with Crippen LogP contribution < -0.4 is 15.8 Å². The normalized spacial score (nSPS) is 10.4. The van der Waals surface area contributed by atoms with Crippen LogP contribution in [0.3, 0.4) is 0 Å². The van der Waals surface area contributed by atoms with Crippen LogP contribution in [-0.4, -0.2) is 29.3 Å². The van der Waals surface area contributed by atoms with Gasteiger partial charge in [0.15, 0.2) is 0 Å². The van der Waals surface area contributed by atoms with Crippen molar-refractivity contribution in [1.82, 2.24) is 10.2 Å². The fourth-order valence-electron chi connectivity index (χ4n) is 1.52. The van der Waals surface area contributed by atoms with Crippen molar-refractivity contribution in [2.75, 3.05) is 18.5 Å². The van der Waals surface area contributed by atoms with Gasteiger partial charge in [-0.25, -0.2) is 0 Å². The highest BCUT2D eigenvalue weighted by Crippen LogP contribution is 2.18. The Morgan fingerprint density at radius 3 is 2.81 bits per heavy atom. The largest absolute Gasteiger partial charge is 0.494 e. The second-order valence-corrected chi connectivity index (χ2v) is 5.66. The Hall–Kier alpha value is -1.70. The van der Waals surface area contributed by atoms with E-state index in [0.717, 1.165) is 23.6 Å². The minimum absolute atomic E-state index is 0.0656. The van der Waals surface area contributed by atoms with Crippen LogP contribution in [-0.2, 0) is 11.2 Å². The van der Waals surface area contributed by atoms with Crippen molar-refractivity contribution in [1.29, 1.82) is 0 Å². The average Bonchev–Trinajstić information content (AvgIpc) is 2.93. The first-order valence-corrected chi connectivity index (χ1v) is 7.57. The first kappa shape index (κ1) is 15.7. The number of ether oxygens (including phenoxy) is 1. The number of halogens is 1. The van der Waals surface area contributed by atoms with E-state index < -0.39 is 0 Å². The van der Waals surface area contributed by atoms with Gasteiger partial charge >= 0.3 is 0 Å². The lowest BCUT2D eigenvalue weighted by Gasteiger charge is -2.04. The molecule has 2 aromatic rings. The Morgan fingerprint density at radius 2 is 2.10 bits per heavy atom. The van der Waals surface area contributed by atoms with E-state index in [4.69, 9.17) is 22.1 Å². The lowest BCUT2D eigenvalue weighted by molar-refractivity contribution is -0.114. The van der Waals surface area contributed by atoms with E-state index in [2.05, 4.69) is 15.5 Å². The van der Waals surface area contributed by atoms with Gasteiger partial charge in [0.05, 0.1) is 13.2 Å². The fraction of sp³-hybridized carbons (Fsp3) is 0.308. The molecule has 1 heterocycles. The summed E-state index contributed by atoms with van der Waals surface area (Å²) in [6.07, 6.45) is 1.55. The van der Waals surface area contributed by atoms with E-state index in [-0.39, 0.29) is 12.5 Å². The summed E-state index contributed by atoms with van der Waals surface area (Å²) in [6, 6.07) is 7.23. The van der Waals surface area contributed by atoms with E-state index in [1.165, 1.54) is 11.3 Å². The number of anilines is 1. The van der Waals surface area contributed by atoms with Gasteiger partial charge < -0.3 is 10.5 Å². The highest BCUT2D eigenvalue weighted by atomic mass is 35.5. The number of benzene rings is 1. The van der Waals surface area contributed by atoms with Gasteiger partial charge in [0.25, 0.3) is 0 Å². The summed E-state index contributed by atoms with van der Waals surface area (Å²) in [7, 11) is 0. The van der Waals surface area contributed by atoms with Crippen LogP contribution in [0.1, 0.15) is 11.4 Å². The zero-order valence-corrected chi connectivity index (χ0v) is 12.8. The van der Waals surface area contributed by atoms with Gasteiger partial charge in [-0.1, -0.05) is 22.9 Å². The predicted octanol–water partition coefficient (Wildman–Crippen LogP) is 2.10. The van der Waals surface area contributed by atoms with E-state index in [1.807, 2.05) is 12.1 Å². The Bertz CT molecular complexity index is 588. The Balaban J connectivity index is 1.71. The molecule has 8 heteroatoms. The third-order valence-corrected chi connectivity index (χ3v) is 3.67. The topological polar surface area (TPSA) is 90.1 Å². The second kappa shape index (κ2) is 7.92. The summed E-state index contributed by atoms with van der Waals surface area (Å²) in [5.74, 6) is 0.510. The van der Waals surface area contributed by atoms with Crippen LogP contribution in [0.4, 0.5) is 5.13 Å². The first-order chi connectivity index (χ1) is 10.2. The molecule has 0 fully saturated rings. The number of aryl methyl sites for hydroxylation is 1. The summed E-state index contributed by atoms with van der Waals surface area (Å²) >= 11 is 7.14. The monoisotopic (exact) mass is 326 g/mol. The van der Waals surface area contributed by atoms with Gasteiger partial charge in [0.1, 0.15) is 10.8 Å². The third kappa shape index (κ3) is 5.30. The summed E-state index contributed by atoms with van der Waals surface area (Å²) in [5.41, 5.74) is 5.21. The molecule has 0 saturated heterocycles. The molecule has 2 rings (SSSR count). The molecule has 1 amide bonds. The zero-order valence-electron chi connectivity index (χ0n) is 11.2. The van der Waals surface area contributed by atoms with Gasteiger partial charge in [-0.3, -0.25) is 10.1 Å². The number of nitrogens with one attached hydrogen (secondary N) is 1. The average molecular weight is 327 g/mol. The number of carbonyl (C=O) groups is 1. The van der Waals surface area contributed by atoms with Crippen molar-refractivity contribution in [3.63, 3.8) is 0 Å². The Morgan fingerprint density at radius 1 is 1.33 bits per heavy atom.